The van der Waals surface area contributed by atoms with Gasteiger partial charge >= 0.3 is 0 Å². The Morgan fingerprint density at radius 3 is 2.47 bits per heavy atom. The number of rotatable bonds is 4. The van der Waals surface area contributed by atoms with Crippen LogP contribution in [0.1, 0.15) is 44.6 Å². The Kier molecular flexibility index (Phi) is 3.63. The maximum atomic E-state index is 12.3. The third kappa shape index (κ3) is 2.75. The second-order valence-electron chi connectivity index (χ2n) is 5.35. The van der Waals surface area contributed by atoms with Crippen molar-refractivity contribution in [3.63, 3.8) is 0 Å². The Morgan fingerprint density at radius 2 is 1.88 bits per heavy atom. The van der Waals surface area contributed by atoms with Crippen molar-refractivity contribution in [3.05, 3.63) is 35.9 Å². The second kappa shape index (κ2) is 5.01. The lowest BCUT2D eigenvalue weighted by Gasteiger charge is -2.25. The molecule has 0 aromatic heterocycles. The van der Waals surface area contributed by atoms with Crippen LogP contribution in [0.5, 0.6) is 0 Å². The third-order valence-corrected chi connectivity index (χ3v) is 3.90. The van der Waals surface area contributed by atoms with E-state index in [9.17, 15) is 4.79 Å². The van der Waals surface area contributed by atoms with Crippen molar-refractivity contribution < 1.29 is 4.79 Å². The highest BCUT2D eigenvalue weighted by molar-refractivity contribution is 5.89. The molecule has 1 atom stereocenters. The Morgan fingerprint density at radius 1 is 1.29 bits per heavy atom. The smallest absolute Gasteiger partial charge is 0.157 e. The molecule has 0 saturated heterocycles. The van der Waals surface area contributed by atoms with E-state index in [1.165, 1.54) is 25.7 Å². The van der Waals surface area contributed by atoms with Gasteiger partial charge in [0, 0.05) is 6.42 Å². The van der Waals surface area contributed by atoms with Crippen molar-refractivity contribution in [2.24, 2.45) is 11.7 Å². The number of hydrogen-bond donors (Lipinski definition) is 1. The van der Waals surface area contributed by atoms with Crippen LogP contribution >= 0.6 is 0 Å². The van der Waals surface area contributed by atoms with E-state index in [0.29, 0.717) is 12.3 Å². The van der Waals surface area contributed by atoms with Crippen molar-refractivity contribution in [1.82, 2.24) is 0 Å². The molecule has 1 aromatic rings. The average molecular weight is 231 g/mol. The monoisotopic (exact) mass is 231 g/mol. The van der Waals surface area contributed by atoms with E-state index in [1.807, 2.05) is 37.3 Å². The number of nitrogens with two attached hydrogens (primary N) is 1. The number of ketones is 1. The molecule has 17 heavy (non-hydrogen) atoms. The van der Waals surface area contributed by atoms with Gasteiger partial charge in [-0.25, -0.2) is 0 Å². The van der Waals surface area contributed by atoms with E-state index < -0.39 is 5.54 Å². The maximum absolute atomic E-state index is 12.3. The molecule has 2 nitrogen and oxygen atoms in total. The molecule has 0 aliphatic heterocycles. The van der Waals surface area contributed by atoms with Crippen LogP contribution in [0.25, 0.3) is 0 Å². The van der Waals surface area contributed by atoms with Crippen LogP contribution in [0.2, 0.25) is 0 Å². The van der Waals surface area contributed by atoms with Crippen LogP contribution in [0.15, 0.2) is 30.3 Å². The minimum absolute atomic E-state index is 0.176. The molecular formula is C15H21NO. The topological polar surface area (TPSA) is 43.1 Å². The largest absolute Gasteiger partial charge is 0.315 e. The van der Waals surface area contributed by atoms with Crippen LogP contribution in [-0.2, 0) is 10.3 Å². The molecule has 2 heteroatoms. The fourth-order valence-corrected chi connectivity index (χ4v) is 2.63. The summed E-state index contributed by atoms with van der Waals surface area (Å²) in [5, 5.41) is 0. The molecule has 0 heterocycles. The van der Waals surface area contributed by atoms with E-state index in [0.717, 1.165) is 5.56 Å². The number of benzene rings is 1. The molecule has 0 bridgehead atoms. The summed E-state index contributed by atoms with van der Waals surface area (Å²) in [5.41, 5.74) is 6.30. The van der Waals surface area contributed by atoms with Gasteiger partial charge in [0.15, 0.2) is 5.78 Å². The lowest BCUT2D eigenvalue weighted by Crippen LogP contribution is -2.42. The molecule has 1 aliphatic rings. The third-order valence-electron chi connectivity index (χ3n) is 3.90. The van der Waals surface area contributed by atoms with E-state index in [1.54, 1.807) is 0 Å². The van der Waals surface area contributed by atoms with Gasteiger partial charge in [0.1, 0.15) is 0 Å². The van der Waals surface area contributed by atoms with E-state index in [2.05, 4.69) is 0 Å². The first-order valence-corrected chi connectivity index (χ1v) is 6.48. The molecule has 1 fully saturated rings. The summed E-state index contributed by atoms with van der Waals surface area (Å²) in [5.74, 6) is 0.740. The predicted octanol–water partition coefficient (Wildman–Crippen LogP) is 3.01. The van der Waals surface area contributed by atoms with E-state index >= 15 is 0 Å². The van der Waals surface area contributed by atoms with Crippen LogP contribution < -0.4 is 5.73 Å². The lowest BCUT2D eigenvalue weighted by molar-refractivity contribution is -0.124. The molecule has 0 radical (unpaired) electrons. The average Bonchev–Trinajstić information content (AvgIpc) is 2.83. The Bertz CT molecular complexity index is 377. The Labute approximate surface area is 103 Å². The van der Waals surface area contributed by atoms with Crippen molar-refractivity contribution in [2.45, 2.75) is 44.6 Å². The highest BCUT2D eigenvalue weighted by atomic mass is 16.1. The first-order chi connectivity index (χ1) is 8.10. The summed E-state index contributed by atoms with van der Waals surface area (Å²) >= 11 is 0. The van der Waals surface area contributed by atoms with Crippen LogP contribution in [0, 0.1) is 5.92 Å². The normalized spacial score (nSPS) is 20.1. The minimum Gasteiger partial charge on any atom is -0.315 e. The van der Waals surface area contributed by atoms with Crippen LogP contribution in [0.3, 0.4) is 0 Å². The predicted molar refractivity (Wildman–Crippen MR) is 69.6 cm³/mol. The molecule has 2 rings (SSSR count). The first kappa shape index (κ1) is 12.3. The fourth-order valence-electron chi connectivity index (χ4n) is 2.63. The summed E-state index contributed by atoms with van der Waals surface area (Å²) < 4.78 is 0. The first-order valence-electron chi connectivity index (χ1n) is 6.48. The second-order valence-corrected chi connectivity index (χ2v) is 5.35. The fraction of sp³-hybridized carbons (Fsp3) is 0.533. The number of Topliss-reactive ketones (excluding diaryl/α,β-unsaturated/α-hetero) is 1. The zero-order chi connectivity index (χ0) is 12.3. The van der Waals surface area contributed by atoms with Crippen molar-refractivity contribution in [3.8, 4) is 0 Å². The molecule has 1 saturated carbocycles. The van der Waals surface area contributed by atoms with Gasteiger partial charge in [-0.3, -0.25) is 4.79 Å². The summed E-state index contributed by atoms with van der Waals surface area (Å²) in [6.07, 6.45) is 5.56. The van der Waals surface area contributed by atoms with Gasteiger partial charge in [-0.2, -0.15) is 0 Å². The van der Waals surface area contributed by atoms with Crippen LogP contribution in [-0.4, -0.2) is 5.78 Å². The lowest BCUT2D eigenvalue weighted by atomic mass is 9.84. The van der Waals surface area contributed by atoms with Crippen molar-refractivity contribution in [2.75, 3.05) is 0 Å². The number of carbonyl (C=O) groups is 1. The van der Waals surface area contributed by atoms with Gasteiger partial charge < -0.3 is 5.73 Å². The van der Waals surface area contributed by atoms with Crippen molar-refractivity contribution >= 4 is 5.78 Å². The Hall–Kier alpha value is -1.15. The summed E-state index contributed by atoms with van der Waals surface area (Å²) in [6.45, 7) is 1.83. The standard InChI is InChI=1S/C15H21NO/c1-15(16,13-9-3-2-4-10-13)14(17)11-12-7-5-6-8-12/h2-4,9-10,12H,5-8,11,16H2,1H3. The summed E-state index contributed by atoms with van der Waals surface area (Å²) in [4.78, 5) is 12.3. The minimum atomic E-state index is -0.830. The molecular weight excluding hydrogens is 210 g/mol. The van der Waals surface area contributed by atoms with E-state index in [-0.39, 0.29) is 5.78 Å². The quantitative estimate of drug-likeness (QED) is 0.865. The van der Waals surface area contributed by atoms with Gasteiger partial charge in [-0.1, -0.05) is 56.0 Å². The number of carbonyl (C=O) groups excluding carboxylic acids is 1. The maximum Gasteiger partial charge on any atom is 0.157 e. The molecule has 0 amide bonds. The van der Waals surface area contributed by atoms with Crippen molar-refractivity contribution in [1.29, 1.82) is 0 Å². The number of hydrogen-bond acceptors (Lipinski definition) is 2. The van der Waals surface area contributed by atoms with E-state index in [4.69, 9.17) is 5.73 Å². The highest BCUT2D eigenvalue weighted by Gasteiger charge is 2.32. The molecule has 2 N–H and O–H groups in total. The molecule has 1 aromatic carbocycles. The Balaban J connectivity index is 2.06. The SMILES string of the molecule is CC(N)(C(=O)CC1CCCC1)c1ccccc1. The van der Waals surface area contributed by atoms with Gasteiger partial charge in [0.05, 0.1) is 5.54 Å². The van der Waals surface area contributed by atoms with Gasteiger partial charge in [-0.05, 0) is 18.4 Å². The van der Waals surface area contributed by atoms with Gasteiger partial charge in [-0.15, -0.1) is 0 Å². The summed E-state index contributed by atoms with van der Waals surface area (Å²) in [7, 11) is 0. The molecule has 92 valence electrons. The highest BCUT2D eigenvalue weighted by Crippen LogP contribution is 2.31. The zero-order valence-corrected chi connectivity index (χ0v) is 10.5. The molecule has 1 unspecified atom stereocenters. The van der Waals surface area contributed by atoms with Gasteiger partial charge in [0.2, 0.25) is 0 Å². The summed E-state index contributed by atoms with van der Waals surface area (Å²) in [6, 6.07) is 9.69. The molecule has 0 spiro atoms. The zero-order valence-electron chi connectivity index (χ0n) is 10.5. The van der Waals surface area contributed by atoms with Crippen LogP contribution in [0.4, 0.5) is 0 Å². The van der Waals surface area contributed by atoms with Gasteiger partial charge in [0.25, 0.3) is 0 Å². The molecule has 1 aliphatic carbocycles.